The Morgan fingerprint density at radius 3 is 2.52 bits per heavy atom. The predicted octanol–water partition coefficient (Wildman–Crippen LogP) is 2.48. The zero-order valence-corrected chi connectivity index (χ0v) is 15.9. The quantitative estimate of drug-likeness (QED) is 0.819. The van der Waals surface area contributed by atoms with Crippen molar-refractivity contribution in [2.24, 2.45) is 5.73 Å². The van der Waals surface area contributed by atoms with Gasteiger partial charge < -0.3 is 20.4 Å². The van der Waals surface area contributed by atoms with Crippen molar-refractivity contribution < 1.29 is 14.0 Å². The Bertz CT molecular complexity index is 797. The highest BCUT2D eigenvalue weighted by Crippen LogP contribution is 2.25. The number of amides is 2. The molecule has 27 heavy (non-hydrogen) atoms. The molecule has 1 aliphatic rings. The lowest BCUT2D eigenvalue weighted by Crippen LogP contribution is -2.56. The van der Waals surface area contributed by atoms with Gasteiger partial charge in [-0.05, 0) is 36.1 Å². The van der Waals surface area contributed by atoms with Gasteiger partial charge in [0.25, 0.3) is 5.91 Å². The van der Waals surface area contributed by atoms with Gasteiger partial charge in [-0.2, -0.15) is 0 Å². The van der Waals surface area contributed by atoms with Crippen LogP contribution in [-0.2, 0) is 17.8 Å². The van der Waals surface area contributed by atoms with Crippen molar-refractivity contribution in [1.82, 2.24) is 10.2 Å². The minimum absolute atomic E-state index is 0.180. The second-order valence-corrected chi connectivity index (χ2v) is 7.19. The maximum absolute atomic E-state index is 13.0. The topological polar surface area (TPSA) is 88.6 Å². The van der Waals surface area contributed by atoms with Crippen LogP contribution in [0.1, 0.15) is 48.4 Å². The highest BCUT2D eigenvalue weighted by atomic mass is 16.3. The molecular weight excluding hydrogens is 342 g/mol. The molecule has 1 atom stereocenters. The fraction of sp³-hybridized carbons (Fsp3) is 0.429. The van der Waals surface area contributed by atoms with Crippen LogP contribution in [0.4, 0.5) is 0 Å². The minimum atomic E-state index is -0.588. The third-order valence-corrected chi connectivity index (χ3v) is 5.57. The van der Waals surface area contributed by atoms with Crippen LogP contribution in [-0.4, -0.2) is 34.8 Å². The number of nitrogens with two attached hydrogens (primary N) is 1. The standard InChI is InChI=1S/C21H27N3O3/c1-3-21(22,4-2)14-23-19(25)17-12-15-8-5-6-9-16(15)13-24(17)20(26)18-10-7-11-27-18/h5-11,17H,3-4,12-14,22H2,1-2H3,(H,23,25). The van der Waals surface area contributed by atoms with E-state index in [0.29, 0.717) is 19.5 Å². The second-order valence-electron chi connectivity index (χ2n) is 7.19. The Morgan fingerprint density at radius 2 is 1.89 bits per heavy atom. The summed E-state index contributed by atoms with van der Waals surface area (Å²) in [5.74, 6) is -0.219. The number of rotatable bonds is 6. The van der Waals surface area contributed by atoms with Crippen molar-refractivity contribution in [3.8, 4) is 0 Å². The van der Waals surface area contributed by atoms with Crippen molar-refractivity contribution in [2.75, 3.05) is 6.54 Å². The molecule has 2 heterocycles. The molecule has 2 amide bonds. The lowest BCUT2D eigenvalue weighted by molar-refractivity contribution is -0.126. The average molecular weight is 369 g/mol. The van der Waals surface area contributed by atoms with Crippen LogP contribution >= 0.6 is 0 Å². The molecule has 0 saturated heterocycles. The second kappa shape index (κ2) is 7.96. The lowest BCUT2D eigenvalue weighted by Gasteiger charge is -2.36. The van der Waals surface area contributed by atoms with E-state index >= 15 is 0 Å². The molecular formula is C21H27N3O3. The van der Waals surface area contributed by atoms with Crippen LogP contribution in [0.2, 0.25) is 0 Å². The van der Waals surface area contributed by atoms with Crippen LogP contribution in [0.3, 0.4) is 0 Å². The summed E-state index contributed by atoms with van der Waals surface area (Å²) in [7, 11) is 0. The van der Waals surface area contributed by atoms with Gasteiger partial charge in [-0.25, -0.2) is 0 Å². The number of furan rings is 1. The van der Waals surface area contributed by atoms with Gasteiger partial charge in [-0.1, -0.05) is 38.1 Å². The monoisotopic (exact) mass is 369 g/mol. The Morgan fingerprint density at radius 1 is 1.19 bits per heavy atom. The molecule has 1 aromatic heterocycles. The molecule has 1 unspecified atom stereocenters. The van der Waals surface area contributed by atoms with Crippen LogP contribution in [0, 0.1) is 0 Å². The smallest absolute Gasteiger partial charge is 0.290 e. The van der Waals surface area contributed by atoms with E-state index in [4.69, 9.17) is 10.2 Å². The highest BCUT2D eigenvalue weighted by molar-refractivity contribution is 5.96. The minimum Gasteiger partial charge on any atom is -0.459 e. The molecule has 1 aliphatic heterocycles. The van der Waals surface area contributed by atoms with Gasteiger partial charge in [0.05, 0.1) is 6.26 Å². The van der Waals surface area contributed by atoms with Crippen molar-refractivity contribution in [3.05, 3.63) is 59.5 Å². The lowest BCUT2D eigenvalue weighted by atomic mass is 9.92. The Labute approximate surface area is 159 Å². The number of hydrogen-bond donors (Lipinski definition) is 2. The van der Waals surface area contributed by atoms with Gasteiger partial charge in [0, 0.05) is 25.0 Å². The molecule has 1 aromatic carbocycles. The summed E-state index contributed by atoms with van der Waals surface area (Å²) in [6.45, 7) is 4.79. The number of fused-ring (bicyclic) bond motifs is 1. The summed E-state index contributed by atoms with van der Waals surface area (Å²) in [6.07, 6.45) is 3.48. The normalized spacial score (nSPS) is 16.7. The van der Waals surface area contributed by atoms with Crippen LogP contribution in [0.25, 0.3) is 0 Å². The molecule has 3 N–H and O–H groups in total. The Balaban J connectivity index is 1.83. The zero-order valence-electron chi connectivity index (χ0n) is 15.9. The van der Waals surface area contributed by atoms with E-state index in [1.807, 2.05) is 38.1 Å². The summed E-state index contributed by atoms with van der Waals surface area (Å²) in [4.78, 5) is 27.5. The van der Waals surface area contributed by atoms with Crippen LogP contribution in [0.15, 0.2) is 47.1 Å². The van der Waals surface area contributed by atoms with Crippen molar-refractivity contribution in [1.29, 1.82) is 0 Å². The molecule has 6 nitrogen and oxygen atoms in total. The summed E-state index contributed by atoms with van der Waals surface area (Å²) in [5, 5.41) is 2.97. The van der Waals surface area contributed by atoms with Gasteiger partial charge in [0.15, 0.2) is 5.76 Å². The van der Waals surface area contributed by atoms with E-state index < -0.39 is 11.6 Å². The summed E-state index contributed by atoms with van der Waals surface area (Å²) in [5.41, 5.74) is 8.02. The van der Waals surface area contributed by atoms with Crippen LogP contribution in [0.5, 0.6) is 0 Å². The molecule has 0 saturated carbocycles. The summed E-state index contributed by atoms with van der Waals surface area (Å²) in [6, 6.07) is 10.6. The first-order valence-corrected chi connectivity index (χ1v) is 9.45. The summed E-state index contributed by atoms with van der Waals surface area (Å²) < 4.78 is 5.27. The van der Waals surface area contributed by atoms with E-state index in [9.17, 15) is 9.59 Å². The number of nitrogens with one attached hydrogen (secondary N) is 1. The Kier molecular flexibility index (Phi) is 5.65. The molecule has 3 rings (SSSR count). The van der Waals surface area contributed by atoms with Crippen molar-refractivity contribution >= 4 is 11.8 Å². The third kappa shape index (κ3) is 4.06. The van der Waals surface area contributed by atoms with Crippen molar-refractivity contribution in [3.63, 3.8) is 0 Å². The van der Waals surface area contributed by atoms with E-state index in [-0.39, 0.29) is 17.6 Å². The van der Waals surface area contributed by atoms with E-state index in [0.717, 1.165) is 24.0 Å². The first-order chi connectivity index (χ1) is 13.0. The fourth-order valence-corrected chi connectivity index (χ4v) is 3.39. The average Bonchev–Trinajstić information content (AvgIpc) is 3.25. The molecule has 0 spiro atoms. The molecule has 144 valence electrons. The number of carbonyl (C=O) groups is 2. The number of benzene rings is 1. The van der Waals surface area contributed by atoms with Gasteiger partial charge in [0.2, 0.25) is 5.91 Å². The first kappa shape index (κ1) is 19.2. The van der Waals surface area contributed by atoms with E-state index in [1.165, 1.54) is 6.26 Å². The summed E-state index contributed by atoms with van der Waals surface area (Å²) >= 11 is 0. The van der Waals surface area contributed by atoms with Gasteiger partial charge in [0.1, 0.15) is 6.04 Å². The highest BCUT2D eigenvalue weighted by Gasteiger charge is 2.36. The maximum Gasteiger partial charge on any atom is 0.290 e. The van der Waals surface area contributed by atoms with Gasteiger partial charge in [-0.3, -0.25) is 9.59 Å². The number of nitrogens with zero attached hydrogens (tertiary/aromatic N) is 1. The third-order valence-electron chi connectivity index (χ3n) is 5.57. The number of hydrogen-bond acceptors (Lipinski definition) is 4. The SMILES string of the molecule is CCC(N)(CC)CNC(=O)C1Cc2ccccc2CN1C(=O)c1ccco1. The molecule has 0 aliphatic carbocycles. The molecule has 6 heteroatoms. The largest absolute Gasteiger partial charge is 0.459 e. The first-order valence-electron chi connectivity index (χ1n) is 9.45. The van der Waals surface area contributed by atoms with Gasteiger partial charge >= 0.3 is 0 Å². The van der Waals surface area contributed by atoms with Crippen molar-refractivity contribution in [2.45, 2.75) is 51.2 Å². The molecule has 0 bridgehead atoms. The van der Waals surface area contributed by atoms with Gasteiger partial charge in [-0.15, -0.1) is 0 Å². The Hall–Kier alpha value is -2.60. The number of carbonyl (C=O) groups excluding carboxylic acids is 2. The predicted molar refractivity (Wildman–Crippen MR) is 103 cm³/mol. The van der Waals surface area contributed by atoms with E-state index in [1.54, 1.807) is 17.0 Å². The molecule has 0 radical (unpaired) electrons. The van der Waals surface area contributed by atoms with Crippen LogP contribution < -0.4 is 11.1 Å². The fourth-order valence-electron chi connectivity index (χ4n) is 3.39. The van der Waals surface area contributed by atoms with E-state index in [2.05, 4.69) is 5.32 Å². The molecule has 2 aromatic rings. The zero-order chi connectivity index (χ0) is 19.4. The maximum atomic E-state index is 13.0. The molecule has 0 fully saturated rings.